The highest BCUT2D eigenvalue weighted by Crippen LogP contribution is 2.44. The molecule has 0 unspecified atom stereocenters. The van der Waals surface area contributed by atoms with Gasteiger partial charge in [0.05, 0.1) is 18.8 Å². The quantitative estimate of drug-likeness (QED) is 0.621. The predicted octanol–water partition coefficient (Wildman–Crippen LogP) is 1.43. The van der Waals surface area contributed by atoms with Crippen LogP contribution in [0.1, 0.15) is 38.5 Å². The smallest absolute Gasteiger partial charge is 0.303 e. The monoisotopic (exact) mass is 272 g/mol. The van der Waals surface area contributed by atoms with Crippen molar-refractivity contribution in [3.8, 4) is 0 Å². The van der Waals surface area contributed by atoms with Crippen LogP contribution in [0.3, 0.4) is 0 Å². The third kappa shape index (κ3) is 3.91. The molecule has 2 rings (SSSR count). The zero-order valence-electron chi connectivity index (χ0n) is 11.3. The second-order valence-electron chi connectivity index (χ2n) is 5.56. The molecule has 0 radical (unpaired) electrons. The Morgan fingerprint density at radius 1 is 1.21 bits per heavy atom. The molecule has 2 heterocycles. The largest absolute Gasteiger partial charge is 0.481 e. The van der Waals surface area contributed by atoms with Crippen molar-refractivity contribution in [2.24, 2.45) is 11.8 Å². The Labute approximate surface area is 113 Å². The van der Waals surface area contributed by atoms with E-state index in [-0.39, 0.29) is 13.0 Å². The number of unbranched alkanes of at least 4 members (excludes halogenated alkanes) is 1. The molecule has 0 spiro atoms. The Bertz CT molecular complexity index is 294. The molecule has 5 heteroatoms. The fraction of sp³-hybridized carbons (Fsp3) is 0.929. The van der Waals surface area contributed by atoms with E-state index in [1.165, 1.54) is 0 Å². The SMILES string of the molecule is O=C(O)CCCCOC[C@@H]1[C@H](CCO)[C@@H]2CC[C@H]1O2. The van der Waals surface area contributed by atoms with E-state index < -0.39 is 5.97 Å². The summed E-state index contributed by atoms with van der Waals surface area (Å²) in [6.07, 6.45) is 5.33. The van der Waals surface area contributed by atoms with E-state index in [2.05, 4.69) is 0 Å². The molecule has 2 aliphatic heterocycles. The van der Waals surface area contributed by atoms with Gasteiger partial charge in [0.1, 0.15) is 0 Å². The number of carbonyl (C=O) groups is 1. The molecular formula is C14H24O5. The van der Waals surface area contributed by atoms with Crippen LogP contribution in [-0.2, 0) is 14.3 Å². The number of aliphatic hydroxyl groups is 1. The van der Waals surface area contributed by atoms with Crippen LogP contribution in [0.5, 0.6) is 0 Å². The second-order valence-corrected chi connectivity index (χ2v) is 5.56. The van der Waals surface area contributed by atoms with Gasteiger partial charge in [0.25, 0.3) is 0 Å². The Morgan fingerprint density at radius 2 is 1.95 bits per heavy atom. The standard InChI is InChI=1S/C14H24O5/c15-7-6-10-11(13-5-4-12(10)19-13)9-18-8-2-1-3-14(16)17/h10-13,15H,1-9H2,(H,16,17)/t10-,11+,12-,13+/m0/s1. The molecule has 110 valence electrons. The Hall–Kier alpha value is -0.650. The number of rotatable bonds is 9. The normalized spacial score (nSPS) is 32.9. The number of carboxylic acid groups (broad SMARTS) is 1. The second kappa shape index (κ2) is 7.22. The van der Waals surface area contributed by atoms with Gasteiger partial charge in [-0.1, -0.05) is 0 Å². The van der Waals surface area contributed by atoms with Crippen LogP contribution in [0.2, 0.25) is 0 Å². The first-order valence-corrected chi connectivity index (χ1v) is 7.28. The molecule has 4 atom stereocenters. The van der Waals surface area contributed by atoms with E-state index in [0.717, 1.165) is 25.7 Å². The lowest BCUT2D eigenvalue weighted by atomic mass is 9.78. The number of aliphatic hydroxyl groups excluding tert-OH is 1. The molecular weight excluding hydrogens is 248 g/mol. The Kier molecular flexibility index (Phi) is 5.60. The maximum atomic E-state index is 10.4. The van der Waals surface area contributed by atoms with Gasteiger partial charge < -0.3 is 19.7 Å². The lowest BCUT2D eigenvalue weighted by Crippen LogP contribution is -2.31. The van der Waals surface area contributed by atoms with Gasteiger partial charge in [0.15, 0.2) is 0 Å². The van der Waals surface area contributed by atoms with Gasteiger partial charge >= 0.3 is 5.97 Å². The van der Waals surface area contributed by atoms with Gasteiger partial charge in [0.2, 0.25) is 0 Å². The summed E-state index contributed by atoms with van der Waals surface area (Å²) >= 11 is 0. The summed E-state index contributed by atoms with van der Waals surface area (Å²) in [6, 6.07) is 0. The van der Waals surface area contributed by atoms with E-state index >= 15 is 0 Å². The Morgan fingerprint density at radius 3 is 2.63 bits per heavy atom. The summed E-state index contributed by atoms with van der Waals surface area (Å²) in [6.45, 7) is 1.51. The molecule has 19 heavy (non-hydrogen) atoms. The first-order chi connectivity index (χ1) is 9.22. The third-order valence-corrected chi connectivity index (χ3v) is 4.29. The van der Waals surface area contributed by atoms with Crippen molar-refractivity contribution in [2.45, 2.75) is 50.7 Å². The van der Waals surface area contributed by atoms with Crippen molar-refractivity contribution in [3.05, 3.63) is 0 Å². The van der Waals surface area contributed by atoms with Crippen molar-refractivity contribution in [3.63, 3.8) is 0 Å². The van der Waals surface area contributed by atoms with Gasteiger partial charge in [-0.25, -0.2) is 0 Å². The van der Waals surface area contributed by atoms with Gasteiger partial charge in [-0.2, -0.15) is 0 Å². The maximum absolute atomic E-state index is 10.4. The maximum Gasteiger partial charge on any atom is 0.303 e. The lowest BCUT2D eigenvalue weighted by Gasteiger charge is -2.27. The number of hydrogen-bond donors (Lipinski definition) is 2. The van der Waals surface area contributed by atoms with Gasteiger partial charge in [-0.15, -0.1) is 0 Å². The summed E-state index contributed by atoms with van der Waals surface area (Å²) in [7, 11) is 0. The van der Waals surface area contributed by atoms with Crippen molar-refractivity contribution < 1.29 is 24.5 Å². The molecule has 2 aliphatic rings. The fourth-order valence-electron chi connectivity index (χ4n) is 3.35. The summed E-state index contributed by atoms with van der Waals surface area (Å²) in [5.41, 5.74) is 0. The summed E-state index contributed by atoms with van der Waals surface area (Å²) in [4.78, 5) is 10.4. The molecule has 2 N–H and O–H groups in total. The molecule has 0 amide bonds. The van der Waals surface area contributed by atoms with Crippen molar-refractivity contribution in [1.82, 2.24) is 0 Å². The molecule has 0 aromatic rings. The van der Waals surface area contributed by atoms with E-state index in [9.17, 15) is 4.79 Å². The number of carboxylic acids is 1. The molecule has 0 saturated carbocycles. The zero-order valence-corrected chi connectivity index (χ0v) is 11.3. The van der Waals surface area contributed by atoms with Crippen molar-refractivity contribution >= 4 is 5.97 Å². The van der Waals surface area contributed by atoms with Crippen LogP contribution in [0.25, 0.3) is 0 Å². The van der Waals surface area contributed by atoms with E-state index in [1.807, 2.05) is 0 Å². The summed E-state index contributed by atoms with van der Waals surface area (Å²) in [5, 5.41) is 17.6. The minimum Gasteiger partial charge on any atom is -0.481 e. The molecule has 0 aromatic heterocycles. The minimum atomic E-state index is -0.746. The number of ether oxygens (including phenoxy) is 2. The lowest BCUT2D eigenvalue weighted by molar-refractivity contribution is -0.137. The number of aliphatic carboxylic acids is 1. The average Bonchev–Trinajstić information content (AvgIpc) is 2.95. The van der Waals surface area contributed by atoms with E-state index in [4.69, 9.17) is 19.7 Å². The number of fused-ring (bicyclic) bond motifs is 2. The van der Waals surface area contributed by atoms with Crippen LogP contribution in [0.4, 0.5) is 0 Å². The highest BCUT2D eigenvalue weighted by molar-refractivity contribution is 5.66. The topological polar surface area (TPSA) is 76.0 Å². The molecule has 2 bridgehead atoms. The molecule has 0 aliphatic carbocycles. The van der Waals surface area contributed by atoms with Crippen LogP contribution >= 0.6 is 0 Å². The molecule has 0 aromatic carbocycles. The summed E-state index contributed by atoms with van der Waals surface area (Å²) in [5.74, 6) is 0.0951. The van der Waals surface area contributed by atoms with Gasteiger partial charge in [-0.3, -0.25) is 4.79 Å². The highest BCUT2D eigenvalue weighted by Gasteiger charge is 2.48. The minimum absolute atomic E-state index is 0.215. The van der Waals surface area contributed by atoms with Gasteiger partial charge in [0, 0.05) is 25.6 Å². The number of hydrogen-bond acceptors (Lipinski definition) is 4. The fourth-order valence-corrected chi connectivity index (χ4v) is 3.35. The zero-order chi connectivity index (χ0) is 13.7. The van der Waals surface area contributed by atoms with Crippen molar-refractivity contribution in [1.29, 1.82) is 0 Å². The predicted molar refractivity (Wildman–Crippen MR) is 68.9 cm³/mol. The molecule has 2 fully saturated rings. The first-order valence-electron chi connectivity index (χ1n) is 7.28. The van der Waals surface area contributed by atoms with Crippen LogP contribution in [-0.4, -0.2) is 48.2 Å². The van der Waals surface area contributed by atoms with Crippen molar-refractivity contribution in [2.75, 3.05) is 19.8 Å². The average molecular weight is 272 g/mol. The molecule has 2 saturated heterocycles. The summed E-state index contributed by atoms with van der Waals surface area (Å²) < 4.78 is 11.6. The first kappa shape index (κ1) is 14.8. The van der Waals surface area contributed by atoms with Crippen LogP contribution in [0.15, 0.2) is 0 Å². The van der Waals surface area contributed by atoms with Gasteiger partial charge in [-0.05, 0) is 38.0 Å². The van der Waals surface area contributed by atoms with Crippen LogP contribution < -0.4 is 0 Å². The van der Waals surface area contributed by atoms with E-state index in [1.54, 1.807) is 0 Å². The Balaban J connectivity index is 1.63. The van der Waals surface area contributed by atoms with Crippen LogP contribution in [0, 0.1) is 11.8 Å². The molecule has 5 nitrogen and oxygen atoms in total. The highest BCUT2D eigenvalue weighted by atomic mass is 16.5. The third-order valence-electron chi connectivity index (χ3n) is 4.29. The van der Waals surface area contributed by atoms with E-state index in [0.29, 0.717) is 43.7 Å².